The van der Waals surface area contributed by atoms with E-state index in [0.717, 1.165) is 31.8 Å². The molecule has 0 aliphatic heterocycles. The molecule has 17 heavy (non-hydrogen) atoms. The Morgan fingerprint density at radius 3 is 2.76 bits per heavy atom. The fourth-order valence-electron chi connectivity index (χ4n) is 1.54. The number of nitrogens with zero attached hydrogens (tertiary/aromatic N) is 1. The van der Waals surface area contributed by atoms with Crippen molar-refractivity contribution in [2.24, 2.45) is 5.41 Å². The second-order valence-corrected chi connectivity index (χ2v) is 5.09. The summed E-state index contributed by atoms with van der Waals surface area (Å²) < 4.78 is 5.10. The standard InChI is InChI=1S/C13H23N3O/c1-13(2,6-7-17-3)10-15-9-12-5-4-11(14)8-16-12/h4-5,8,15H,6-7,9-10,14H2,1-3H3. The number of aromatic nitrogens is 1. The Balaban J connectivity index is 2.29. The van der Waals surface area contributed by atoms with Crippen molar-refractivity contribution in [1.29, 1.82) is 0 Å². The van der Waals surface area contributed by atoms with Gasteiger partial charge in [0.1, 0.15) is 0 Å². The second kappa shape index (κ2) is 6.57. The van der Waals surface area contributed by atoms with Crippen molar-refractivity contribution in [3.8, 4) is 0 Å². The Kier molecular flexibility index (Phi) is 5.38. The summed E-state index contributed by atoms with van der Waals surface area (Å²) in [7, 11) is 1.74. The van der Waals surface area contributed by atoms with Crippen molar-refractivity contribution in [3.05, 3.63) is 24.0 Å². The third-order valence-corrected chi connectivity index (χ3v) is 2.74. The highest BCUT2D eigenvalue weighted by Gasteiger charge is 2.16. The number of pyridine rings is 1. The minimum Gasteiger partial charge on any atom is -0.397 e. The summed E-state index contributed by atoms with van der Waals surface area (Å²) in [6, 6.07) is 3.82. The van der Waals surface area contributed by atoms with Crippen molar-refractivity contribution in [2.45, 2.75) is 26.8 Å². The molecular formula is C13H23N3O. The molecule has 96 valence electrons. The monoisotopic (exact) mass is 237 g/mol. The summed E-state index contributed by atoms with van der Waals surface area (Å²) in [6.45, 7) is 6.98. The summed E-state index contributed by atoms with van der Waals surface area (Å²) in [6.07, 6.45) is 2.73. The zero-order valence-corrected chi connectivity index (χ0v) is 11.0. The average Bonchev–Trinajstić information content (AvgIpc) is 2.29. The molecule has 0 bridgehead atoms. The molecule has 0 saturated carbocycles. The Morgan fingerprint density at radius 1 is 1.41 bits per heavy atom. The molecule has 1 aromatic rings. The van der Waals surface area contributed by atoms with E-state index < -0.39 is 0 Å². The van der Waals surface area contributed by atoms with Crippen LogP contribution < -0.4 is 11.1 Å². The van der Waals surface area contributed by atoms with Crippen LogP contribution in [0.1, 0.15) is 26.0 Å². The number of nitrogens with one attached hydrogen (secondary N) is 1. The van der Waals surface area contributed by atoms with E-state index in [1.54, 1.807) is 13.3 Å². The van der Waals surface area contributed by atoms with Gasteiger partial charge in [0.15, 0.2) is 0 Å². The van der Waals surface area contributed by atoms with Crippen molar-refractivity contribution >= 4 is 5.69 Å². The smallest absolute Gasteiger partial charge is 0.0543 e. The topological polar surface area (TPSA) is 60.2 Å². The summed E-state index contributed by atoms with van der Waals surface area (Å²) in [5, 5.41) is 3.41. The van der Waals surface area contributed by atoms with Gasteiger partial charge in [0.25, 0.3) is 0 Å². The molecule has 0 amide bonds. The molecular weight excluding hydrogens is 214 g/mol. The van der Waals surface area contributed by atoms with E-state index in [2.05, 4.69) is 24.1 Å². The number of anilines is 1. The third-order valence-electron chi connectivity index (χ3n) is 2.74. The molecule has 0 radical (unpaired) electrons. The van der Waals surface area contributed by atoms with Gasteiger partial charge in [0.2, 0.25) is 0 Å². The lowest BCUT2D eigenvalue weighted by atomic mass is 9.90. The molecule has 0 aromatic carbocycles. The molecule has 0 saturated heterocycles. The fraction of sp³-hybridized carbons (Fsp3) is 0.615. The van der Waals surface area contributed by atoms with Crippen LogP contribution in [0.2, 0.25) is 0 Å². The molecule has 3 N–H and O–H groups in total. The van der Waals surface area contributed by atoms with E-state index >= 15 is 0 Å². The van der Waals surface area contributed by atoms with Crippen LogP contribution in [0.3, 0.4) is 0 Å². The molecule has 1 rings (SSSR count). The normalized spacial score (nSPS) is 11.7. The maximum Gasteiger partial charge on any atom is 0.0543 e. The maximum absolute atomic E-state index is 5.58. The minimum atomic E-state index is 0.240. The molecule has 1 heterocycles. The highest BCUT2D eigenvalue weighted by molar-refractivity contribution is 5.34. The number of rotatable bonds is 7. The molecule has 4 nitrogen and oxygen atoms in total. The van der Waals surface area contributed by atoms with E-state index in [9.17, 15) is 0 Å². The van der Waals surface area contributed by atoms with Crippen LogP contribution in [0.15, 0.2) is 18.3 Å². The van der Waals surface area contributed by atoms with E-state index in [4.69, 9.17) is 10.5 Å². The van der Waals surface area contributed by atoms with Crippen LogP contribution in [0.4, 0.5) is 5.69 Å². The summed E-state index contributed by atoms with van der Waals surface area (Å²) in [5.41, 5.74) is 7.54. The van der Waals surface area contributed by atoms with Gasteiger partial charge in [-0.05, 0) is 24.0 Å². The molecule has 0 spiro atoms. The van der Waals surface area contributed by atoms with E-state index in [1.165, 1.54) is 0 Å². The van der Waals surface area contributed by atoms with Gasteiger partial charge in [-0.25, -0.2) is 0 Å². The van der Waals surface area contributed by atoms with Crippen LogP contribution in [0, 0.1) is 5.41 Å². The van der Waals surface area contributed by atoms with E-state index in [1.807, 2.05) is 12.1 Å². The van der Waals surface area contributed by atoms with Gasteiger partial charge in [0.05, 0.1) is 17.6 Å². The summed E-state index contributed by atoms with van der Waals surface area (Å²) in [5.74, 6) is 0. The molecule has 0 fully saturated rings. The van der Waals surface area contributed by atoms with Crippen molar-refractivity contribution in [2.75, 3.05) is 26.0 Å². The first-order chi connectivity index (χ1) is 8.03. The van der Waals surface area contributed by atoms with Crippen LogP contribution >= 0.6 is 0 Å². The number of methoxy groups -OCH3 is 1. The lowest BCUT2D eigenvalue weighted by molar-refractivity contribution is 0.150. The van der Waals surface area contributed by atoms with Gasteiger partial charge < -0.3 is 15.8 Å². The Hall–Kier alpha value is -1.13. The van der Waals surface area contributed by atoms with Gasteiger partial charge in [-0.15, -0.1) is 0 Å². The number of hydrogen-bond acceptors (Lipinski definition) is 4. The van der Waals surface area contributed by atoms with Crippen molar-refractivity contribution in [3.63, 3.8) is 0 Å². The zero-order chi connectivity index (χ0) is 12.7. The quantitative estimate of drug-likeness (QED) is 0.759. The molecule has 0 aliphatic carbocycles. The van der Waals surface area contributed by atoms with E-state index in [0.29, 0.717) is 5.69 Å². The highest BCUT2D eigenvalue weighted by Crippen LogP contribution is 2.18. The predicted molar refractivity (Wildman–Crippen MR) is 70.6 cm³/mol. The fourth-order valence-corrected chi connectivity index (χ4v) is 1.54. The number of ether oxygens (including phenoxy) is 1. The van der Waals surface area contributed by atoms with Crippen LogP contribution in [-0.4, -0.2) is 25.2 Å². The Bertz CT molecular complexity index is 322. The van der Waals surface area contributed by atoms with Gasteiger partial charge in [0, 0.05) is 26.8 Å². The van der Waals surface area contributed by atoms with Gasteiger partial charge >= 0.3 is 0 Å². The zero-order valence-electron chi connectivity index (χ0n) is 11.0. The minimum absolute atomic E-state index is 0.240. The van der Waals surface area contributed by atoms with Crippen LogP contribution in [0.5, 0.6) is 0 Å². The number of nitrogen functional groups attached to an aromatic ring is 1. The first-order valence-electron chi connectivity index (χ1n) is 5.93. The molecule has 1 aromatic heterocycles. The second-order valence-electron chi connectivity index (χ2n) is 5.09. The van der Waals surface area contributed by atoms with Gasteiger partial charge in [-0.2, -0.15) is 0 Å². The van der Waals surface area contributed by atoms with Crippen LogP contribution in [-0.2, 0) is 11.3 Å². The first-order valence-corrected chi connectivity index (χ1v) is 5.93. The van der Waals surface area contributed by atoms with Gasteiger partial charge in [-0.1, -0.05) is 13.8 Å². The number of nitrogens with two attached hydrogens (primary N) is 1. The SMILES string of the molecule is COCCC(C)(C)CNCc1ccc(N)cn1. The highest BCUT2D eigenvalue weighted by atomic mass is 16.5. The molecule has 0 unspecified atom stereocenters. The summed E-state index contributed by atoms with van der Waals surface area (Å²) in [4.78, 5) is 4.25. The largest absolute Gasteiger partial charge is 0.397 e. The van der Waals surface area contributed by atoms with Crippen molar-refractivity contribution in [1.82, 2.24) is 10.3 Å². The lowest BCUT2D eigenvalue weighted by Crippen LogP contribution is -2.30. The Labute approximate surface area is 104 Å². The molecule has 0 aliphatic rings. The van der Waals surface area contributed by atoms with Crippen molar-refractivity contribution < 1.29 is 4.74 Å². The first kappa shape index (κ1) is 13.9. The summed E-state index contributed by atoms with van der Waals surface area (Å²) >= 11 is 0. The van der Waals surface area contributed by atoms with Gasteiger partial charge in [-0.3, -0.25) is 4.98 Å². The molecule has 4 heteroatoms. The van der Waals surface area contributed by atoms with Crippen LogP contribution in [0.25, 0.3) is 0 Å². The van der Waals surface area contributed by atoms with E-state index in [-0.39, 0.29) is 5.41 Å². The molecule has 0 atom stereocenters. The third kappa shape index (κ3) is 5.65. The lowest BCUT2D eigenvalue weighted by Gasteiger charge is -2.24. The predicted octanol–water partition coefficient (Wildman–Crippen LogP) is 1.82. The average molecular weight is 237 g/mol. The number of hydrogen-bond donors (Lipinski definition) is 2. The Morgan fingerprint density at radius 2 is 2.18 bits per heavy atom. The maximum atomic E-state index is 5.58.